The van der Waals surface area contributed by atoms with E-state index in [1.165, 1.54) is 10.8 Å². The maximum atomic E-state index is 11.1. The van der Waals surface area contributed by atoms with Crippen LogP contribution >= 0.6 is 0 Å². The fourth-order valence-electron chi connectivity index (χ4n) is 4.44. The highest BCUT2D eigenvalue weighted by molar-refractivity contribution is 6.07. The van der Waals surface area contributed by atoms with Gasteiger partial charge >= 0.3 is 0 Å². The number of imidazole rings is 1. The van der Waals surface area contributed by atoms with Crippen LogP contribution in [0, 0.1) is 0 Å². The van der Waals surface area contributed by atoms with E-state index in [1.807, 2.05) is 36.4 Å². The molecular weight excluding hydrogens is 374 g/mol. The van der Waals surface area contributed by atoms with Crippen molar-refractivity contribution in [1.82, 2.24) is 14.1 Å². The first-order valence-electron chi connectivity index (χ1n) is 10.5. The van der Waals surface area contributed by atoms with E-state index in [2.05, 4.69) is 45.5 Å². The Morgan fingerprint density at radius 2 is 1.30 bits per heavy atom. The molecule has 152 valence electrons. The van der Waals surface area contributed by atoms with E-state index in [9.17, 15) is 10.2 Å². The zero-order chi connectivity index (χ0) is 20.5. The Balaban J connectivity index is 1.51. The predicted molar refractivity (Wildman–Crippen MR) is 121 cm³/mol. The number of benzene rings is 3. The standard InChI is InChI=1S/C25H25N3O2/c29-15-7-14-25-26-21-10-3-6-13-24(21)28(25)17-18(30)16-27-22-11-4-1-8-19(22)20-9-2-5-12-23(20)27/h1-6,8-13,18,29-30H,7,14-17H2. The van der Waals surface area contributed by atoms with Gasteiger partial charge in [-0.3, -0.25) is 0 Å². The van der Waals surface area contributed by atoms with E-state index < -0.39 is 6.10 Å². The molecule has 30 heavy (non-hydrogen) atoms. The SMILES string of the molecule is OCCCc1nc2ccccc2n1CC(O)Cn1c2ccccc2c2ccccc21. The first-order chi connectivity index (χ1) is 14.8. The molecule has 2 heterocycles. The summed E-state index contributed by atoms with van der Waals surface area (Å²) in [6.45, 7) is 1.09. The zero-order valence-electron chi connectivity index (χ0n) is 16.8. The van der Waals surface area contributed by atoms with E-state index in [1.54, 1.807) is 0 Å². The quantitative estimate of drug-likeness (QED) is 0.433. The van der Waals surface area contributed by atoms with Gasteiger partial charge in [0.25, 0.3) is 0 Å². The molecule has 0 fully saturated rings. The fraction of sp³-hybridized carbons (Fsp3) is 0.240. The molecule has 0 saturated carbocycles. The fourth-order valence-corrected chi connectivity index (χ4v) is 4.44. The Morgan fingerprint density at radius 3 is 1.97 bits per heavy atom. The maximum absolute atomic E-state index is 11.1. The second-order valence-electron chi connectivity index (χ2n) is 7.75. The average molecular weight is 399 g/mol. The minimum atomic E-state index is -0.574. The van der Waals surface area contributed by atoms with Crippen molar-refractivity contribution in [3.8, 4) is 0 Å². The van der Waals surface area contributed by atoms with Crippen LogP contribution in [0.25, 0.3) is 32.8 Å². The molecule has 2 N–H and O–H groups in total. The van der Waals surface area contributed by atoms with Gasteiger partial charge in [0, 0.05) is 34.8 Å². The molecule has 0 radical (unpaired) electrons. The van der Waals surface area contributed by atoms with Crippen molar-refractivity contribution < 1.29 is 10.2 Å². The summed E-state index contributed by atoms with van der Waals surface area (Å²) < 4.78 is 4.31. The van der Waals surface area contributed by atoms with E-state index in [0.717, 1.165) is 27.9 Å². The summed E-state index contributed by atoms with van der Waals surface area (Å²) in [5, 5.41) is 22.8. The highest BCUT2D eigenvalue weighted by Crippen LogP contribution is 2.29. The summed E-state index contributed by atoms with van der Waals surface area (Å²) in [4.78, 5) is 4.73. The Bertz CT molecular complexity index is 1260. The monoisotopic (exact) mass is 399 g/mol. The van der Waals surface area contributed by atoms with Gasteiger partial charge in [-0.2, -0.15) is 0 Å². The number of aromatic nitrogens is 3. The molecule has 3 aromatic carbocycles. The van der Waals surface area contributed by atoms with Crippen molar-refractivity contribution >= 4 is 32.8 Å². The number of fused-ring (bicyclic) bond motifs is 4. The Hall–Kier alpha value is -3.15. The third-order valence-electron chi connectivity index (χ3n) is 5.76. The third-order valence-corrected chi connectivity index (χ3v) is 5.76. The highest BCUT2D eigenvalue weighted by atomic mass is 16.3. The van der Waals surface area contributed by atoms with E-state index in [4.69, 9.17) is 4.98 Å². The molecule has 5 rings (SSSR count). The van der Waals surface area contributed by atoms with Gasteiger partial charge in [0.1, 0.15) is 5.82 Å². The first kappa shape index (κ1) is 18.9. The van der Waals surface area contributed by atoms with Crippen LogP contribution < -0.4 is 0 Å². The van der Waals surface area contributed by atoms with Gasteiger partial charge in [0.2, 0.25) is 0 Å². The number of aryl methyl sites for hydroxylation is 1. The van der Waals surface area contributed by atoms with Crippen LogP contribution in [0.4, 0.5) is 0 Å². The second kappa shape index (κ2) is 7.94. The van der Waals surface area contributed by atoms with Crippen molar-refractivity contribution in [3.05, 3.63) is 78.6 Å². The third kappa shape index (κ3) is 3.26. The minimum Gasteiger partial charge on any atom is -0.396 e. The lowest BCUT2D eigenvalue weighted by atomic mass is 10.2. The lowest BCUT2D eigenvalue weighted by molar-refractivity contribution is 0.137. The van der Waals surface area contributed by atoms with Crippen LogP contribution in [0.2, 0.25) is 0 Å². The van der Waals surface area contributed by atoms with Crippen LogP contribution in [0.1, 0.15) is 12.2 Å². The average Bonchev–Trinajstić information content (AvgIpc) is 3.28. The number of aliphatic hydroxyl groups is 2. The van der Waals surface area contributed by atoms with Gasteiger partial charge in [0.05, 0.1) is 30.2 Å². The molecule has 0 aliphatic heterocycles. The maximum Gasteiger partial charge on any atom is 0.110 e. The van der Waals surface area contributed by atoms with Crippen LogP contribution in [-0.4, -0.2) is 37.0 Å². The molecule has 5 heteroatoms. The van der Waals surface area contributed by atoms with Gasteiger partial charge < -0.3 is 19.3 Å². The molecule has 0 amide bonds. The molecule has 1 atom stereocenters. The van der Waals surface area contributed by atoms with Crippen LogP contribution in [0.15, 0.2) is 72.8 Å². The predicted octanol–water partition coefficient (Wildman–Crippen LogP) is 4.13. The first-order valence-corrected chi connectivity index (χ1v) is 10.5. The van der Waals surface area contributed by atoms with E-state index in [-0.39, 0.29) is 6.61 Å². The molecule has 5 nitrogen and oxygen atoms in total. The molecule has 5 aromatic rings. The molecule has 0 spiro atoms. The summed E-state index contributed by atoms with van der Waals surface area (Å²) in [7, 11) is 0. The van der Waals surface area contributed by atoms with Crippen LogP contribution in [0.3, 0.4) is 0 Å². The molecule has 0 saturated heterocycles. The second-order valence-corrected chi connectivity index (χ2v) is 7.75. The Kier molecular flexibility index (Phi) is 4.99. The number of hydrogen-bond donors (Lipinski definition) is 2. The topological polar surface area (TPSA) is 63.2 Å². The van der Waals surface area contributed by atoms with Crippen LogP contribution in [0.5, 0.6) is 0 Å². The van der Waals surface area contributed by atoms with Crippen molar-refractivity contribution in [2.24, 2.45) is 0 Å². The van der Waals surface area contributed by atoms with Crippen molar-refractivity contribution in [3.63, 3.8) is 0 Å². The summed E-state index contributed by atoms with van der Waals surface area (Å²) in [6.07, 6.45) is 0.772. The summed E-state index contributed by atoms with van der Waals surface area (Å²) in [6, 6.07) is 24.7. The van der Waals surface area contributed by atoms with Gasteiger partial charge in [0.15, 0.2) is 0 Å². The normalized spacial score (nSPS) is 12.9. The summed E-state index contributed by atoms with van der Waals surface area (Å²) in [5.74, 6) is 0.909. The number of hydrogen-bond acceptors (Lipinski definition) is 3. The van der Waals surface area contributed by atoms with Crippen LogP contribution in [-0.2, 0) is 19.5 Å². The van der Waals surface area contributed by atoms with Crippen molar-refractivity contribution in [2.45, 2.75) is 32.0 Å². The molecule has 0 aliphatic carbocycles. The lowest BCUT2D eigenvalue weighted by Crippen LogP contribution is -2.23. The zero-order valence-corrected chi connectivity index (χ0v) is 16.8. The highest BCUT2D eigenvalue weighted by Gasteiger charge is 2.17. The minimum absolute atomic E-state index is 0.132. The summed E-state index contributed by atoms with van der Waals surface area (Å²) >= 11 is 0. The molecular formula is C25H25N3O2. The van der Waals surface area contributed by atoms with E-state index >= 15 is 0 Å². The number of aliphatic hydroxyl groups excluding tert-OH is 2. The molecule has 1 unspecified atom stereocenters. The molecule has 2 aromatic heterocycles. The van der Waals surface area contributed by atoms with Gasteiger partial charge in [-0.1, -0.05) is 48.5 Å². The Morgan fingerprint density at radius 1 is 0.733 bits per heavy atom. The van der Waals surface area contributed by atoms with Crippen molar-refractivity contribution in [1.29, 1.82) is 0 Å². The number of nitrogens with zero attached hydrogens (tertiary/aromatic N) is 3. The van der Waals surface area contributed by atoms with Gasteiger partial charge in [-0.15, -0.1) is 0 Å². The van der Waals surface area contributed by atoms with Crippen molar-refractivity contribution in [2.75, 3.05) is 6.61 Å². The smallest absolute Gasteiger partial charge is 0.110 e. The molecule has 0 bridgehead atoms. The van der Waals surface area contributed by atoms with E-state index in [0.29, 0.717) is 25.9 Å². The van der Waals surface area contributed by atoms with Gasteiger partial charge in [-0.25, -0.2) is 4.98 Å². The number of para-hydroxylation sites is 4. The number of rotatable bonds is 7. The lowest BCUT2D eigenvalue weighted by Gasteiger charge is -2.17. The molecule has 0 aliphatic rings. The summed E-state index contributed by atoms with van der Waals surface area (Å²) in [5.41, 5.74) is 4.21. The van der Waals surface area contributed by atoms with Gasteiger partial charge in [-0.05, 0) is 30.7 Å². The largest absolute Gasteiger partial charge is 0.396 e. The Labute approximate surface area is 174 Å².